The molecule has 0 radical (unpaired) electrons. The summed E-state index contributed by atoms with van der Waals surface area (Å²) in [6.45, 7) is 7.63. The number of carbonyl (C=O) groups excluding carboxylic acids is 1. The minimum atomic E-state index is 0. The van der Waals surface area contributed by atoms with Crippen molar-refractivity contribution < 1.29 is 9.53 Å². The number of ether oxygens (including phenoxy) is 1. The average Bonchev–Trinajstić information content (AvgIpc) is 3.22. The molecule has 0 fully saturated rings. The second-order valence-corrected chi connectivity index (χ2v) is 9.54. The van der Waals surface area contributed by atoms with E-state index in [1.807, 2.05) is 47.4 Å². The number of methoxy groups -OCH3 is 1. The molecule has 0 unspecified atom stereocenters. The van der Waals surface area contributed by atoms with Crippen LogP contribution in [0.25, 0.3) is 10.2 Å². The monoisotopic (exact) mass is 513 g/mol. The molecule has 0 aliphatic heterocycles. The van der Waals surface area contributed by atoms with Gasteiger partial charge < -0.3 is 9.64 Å². The number of fused-ring (bicyclic) bond motifs is 1. The highest BCUT2D eigenvalue weighted by atomic mass is 35.5. The summed E-state index contributed by atoms with van der Waals surface area (Å²) in [6.07, 6.45) is 0.443. The molecule has 0 aliphatic carbocycles. The first-order chi connectivity index (χ1) is 15.0. The number of rotatable bonds is 11. The SMILES string of the molecule is CCN(CC)CCN(C(=O)CCSc1ccc(Cl)cc1)c1nc2c(OC)cccc2s1.Cl. The van der Waals surface area contributed by atoms with Gasteiger partial charge in [0.05, 0.1) is 11.8 Å². The van der Waals surface area contributed by atoms with Gasteiger partial charge in [0.1, 0.15) is 11.3 Å². The number of para-hydroxylation sites is 1. The van der Waals surface area contributed by atoms with Crippen molar-refractivity contribution in [1.82, 2.24) is 9.88 Å². The topological polar surface area (TPSA) is 45.7 Å². The molecule has 0 saturated heterocycles. The number of halogens is 2. The van der Waals surface area contributed by atoms with Gasteiger partial charge in [-0.25, -0.2) is 4.98 Å². The van der Waals surface area contributed by atoms with Gasteiger partial charge in [0.15, 0.2) is 5.13 Å². The van der Waals surface area contributed by atoms with E-state index >= 15 is 0 Å². The Morgan fingerprint density at radius 1 is 1.12 bits per heavy atom. The number of carbonyl (C=O) groups is 1. The van der Waals surface area contributed by atoms with Gasteiger partial charge in [-0.3, -0.25) is 9.69 Å². The predicted octanol–water partition coefficient (Wildman–Crippen LogP) is 6.24. The molecule has 1 aromatic heterocycles. The summed E-state index contributed by atoms with van der Waals surface area (Å²) >= 11 is 9.15. The van der Waals surface area contributed by atoms with Crippen molar-refractivity contribution in [3.63, 3.8) is 0 Å². The van der Waals surface area contributed by atoms with Crippen molar-refractivity contribution in [2.24, 2.45) is 0 Å². The molecule has 174 valence electrons. The highest BCUT2D eigenvalue weighted by Gasteiger charge is 2.21. The zero-order chi connectivity index (χ0) is 22.2. The Labute approximate surface area is 209 Å². The number of amides is 1. The smallest absolute Gasteiger partial charge is 0.229 e. The van der Waals surface area contributed by atoms with Crippen molar-refractivity contribution in [1.29, 1.82) is 0 Å². The van der Waals surface area contributed by atoms with E-state index in [1.165, 1.54) is 11.3 Å². The Hall–Kier alpha value is -1.51. The molecule has 2 aromatic carbocycles. The molecule has 0 N–H and O–H groups in total. The first kappa shape index (κ1) is 26.7. The highest BCUT2D eigenvalue weighted by Crippen LogP contribution is 2.34. The van der Waals surface area contributed by atoms with E-state index in [1.54, 1.807) is 18.9 Å². The second kappa shape index (κ2) is 13.3. The summed E-state index contributed by atoms with van der Waals surface area (Å²) in [6, 6.07) is 13.6. The molecule has 5 nitrogen and oxygen atoms in total. The van der Waals surface area contributed by atoms with Gasteiger partial charge in [-0.2, -0.15) is 0 Å². The minimum absolute atomic E-state index is 0. The lowest BCUT2D eigenvalue weighted by atomic mass is 10.3. The Balaban J connectivity index is 0.00000363. The number of likely N-dealkylation sites (N-methyl/N-ethyl adjacent to an activating group) is 1. The molecule has 9 heteroatoms. The summed E-state index contributed by atoms with van der Waals surface area (Å²) in [5.74, 6) is 1.53. The molecule has 0 aliphatic rings. The fourth-order valence-corrected chi connectivity index (χ4v) is 5.22. The zero-order valence-electron chi connectivity index (χ0n) is 18.5. The molecule has 3 aromatic rings. The van der Waals surface area contributed by atoms with Crippen molar-refractivity contribution in [3.05, 3.63) is 47.5 Å². The zero-order valence-corrected chi connectivity index (χ0v) is 21.8. The number of hydrogen-bond donors (Lipinski definition) is 0. The van der Waals surface area contributed by atoms with Crippen LogP contribution in [0.3, 0.4) is 0 Å². The van der Waals surface area contributed by atoms with Crippen LogP contribution in [-0.2, 0) is 4.79 Å². The van der Waals surface area contributed by atoms with Gasteiger partial charge in [0, 0.05) is 35.2 Å². The van der Waals surface area contributed by atoms with Crippen molar-refractivity contribution >= 4 is 68.4 Å². The summed E-state index contributed by atoms with van der Waals surface area (Å²) in [5, 5.41) is 1.45. The molecular weight excluding hydrogens is 485 g/mol. The third kappa shape index (κ3) is 6.99. The largest absolute Gasteiger partial charge is 0.494 e. The normalized spacial score (nSPS) is 10.9. The Morgan fingerprint density at radius 2 is 1.84 bits per heavy atom. The lowest BCUT2D eigenvalue weighted by molar-refractivity contribution is -0.118. The molecule has 0 spiro atoms. The van der Waals surface area contributed by atoms with Crippen molar-refractivity contribution in [2.45, 2.75) is 25.2 Å². The molecule has 0 saturated carbocycles. The van der Waals surface area contributed by atoms with Crippen LogP contribution in [0.1, 0.15) is 20.3 Å². The van der Waals surface area contributed by atoms with E-state index in [2.05, 4.69) is 18.7 Å². The summed E-state index contributed by atoms with van der Waals surface area (Å²) in [4.78, 5) is 23.2. The van der Waals surface area contributed by atoms with Crippen LogP contribution in [0.2, 0.25) is 5.02 Å². The van der Waals surface area contributed by atoms with E-state index in [-0.39, 0.29) is 18.3 Å². The van der Waals surface area contributed by atoms with E-state index in [0.29, 0.717) is 23.7 Å². The number of thioether (sulfide) groups is 1. The lowest BCUT2D eigenvalue weighted by Crippen LogP contribution is -2.39. The second-order valence-electron chi connectivity index (χ2n) is 6.93. The number of hydrogen-bond acceptors (Lipinski definition) is 6. The summed E-state index contributed by atoms with van der Waals surface area (Å²) in [5.41, 5.74) is 0.807. The van der Waals surface area contributed by atoms with Crippen molar-refractivity contribution in [2.75, 3.05) is 43.9 Å². The van der Waals surface area contributed by atoms with Crippen LogP contribution >= 0.6 is 47.1 Å². The molecule has 3 rings (SSSR count). The van der Waals surface area contributed by atoms with Gasteiger partial charge in [-0.1, -0.05) is 42.9 Å². The van der Waals surface area contributed by atoms with Gasteiger partial charge >= 0.3 is 0 Å². The molecule has 1 amide bonds. The fourth-order valence-electron chi connectivity index (χ4n) is 3.22. The number of aromatic nitrogens is 1. The standard InChI is InChI=1S/C23H28ClN3O2S2.ClH/c1-4-26(5-2)14-15-27(21(28)13-16-30-18-11-9-17(24)10-12-18)23-25-22-19(29-3)7-6-8-20(22)31-23;/h6-12H,4-5,13-16H2,1-3H3;1H. The summed E-state index contributed by atoms with van der Waals surface area (Å²) < 4.78 is 6.48. The maximum atomic E-state index is 13.2. The molecular formula is C23H29Cl2N3O2S2. The molecule has 0 atom stereocenters. The number of thiazole rings is 1. The first-order valence-electron chi connectivity index (χ1n) is 10.4. The predicted molar refractivity (Wildman–Crippen MR) is 140 cm³/mol. The van der Waals surface area contributed by atoms with Crippen LogP contribution < -0.4 is 9.64 Å². The van der Waals surface area contributed by atoms with E-state index in [9.17, 15) is 4.79 Å². The lowest BCUT2D eigenvalue weighted by Gasteiger charge is -2.24. The fraction of sp³-hybridized carbons (Fsp3) is 0.391. The third-order valence-corrected chi connectivity index (χ3v) is 7.36. The van der Waals surface area contributed by atoms with E-state index in [4.69, 9.17) is 21.3 Å². The van der Waals surface area contributed by atoms with Crippen molar-refractivity contribution in [3.8, 4) is 5.75 Å². The Morgan fingerprint density at radius 3 is 2.50 bits per heavy atom. The highest BCUT2D eigenvalue weighted by molar-refractivity contribution is 7.99. The quantitative estimate of drug-likeness (QED) is 0.284. The maximum absolute atomic E-state index is 13.2. The summed E-state index contributed by atoms with van der Waals surface area (Å²) in [7, 11) is 1.64. The minimum Gasteiger partial charge on any atom is -0.494 e. The number of benzene rings is 2. The van der Waals surface area contributed by atoms with E-state index < -0.39 is 0 Å². The van der Waals surface area contributed by atoms with Gasteiger partial charge in [0.2, 0.25) is 5.91 Å². The van der Waals surface area contributed by atoms with Gasteiger partial charge in [0.25, 0.3) is 0 Å². The number of anilines is 1. The Kier molecular flexibility index (Phi) is 11.1. The van der Waals surface area contributed by atoms with Crippen LogP contribution in [0, 0.1) is 0 Å². The number of nitrogens with zero attached hydrogens (tertiary/aromatic N) is 3. The van der Waals surface area contributed by atoms with Crippen LogP contribution in [0.4, 0.5) is 5.13 Å². The van der Waals surface area contributed by atoms with Crippen LogP contribution in [0.15, 0.2) is 47.4 Å². The van der Waals surface area contributed by atoms with Crippen LogP contribution in [-0.4, -0.2) is 54.8 Å². The van der Waals surface area contributed by atoms with Gasteiger partial charge in [-0.05, 0) is 49.5 Å². The average molecular weight is 515 g/mol. The van der Waals surface area contributed by atoms with E-state index in [0.717, 1.165) is 45.6 Å². The first-order valence-corrected chi connectivity index (χ1v) is 12.6. The third-order valence-electron chi connectivity index (χ3n) is 5.06. The van der Waals surface area contributed by atoms with Gasteiger partial charge in [-0.15, -0.1) is 24.2 Å². The molecule has 1 heterocycles. The van der Waals surface area contributed by atoms with Crippen LogP contribution in [0.5, 0.6) is 5.75 Å². The Bertz CT molecular complexity index is 995. The molecule has 32 heavy (non-hydrogen) atoms. The maximum Gasteiger partial charge on any atom is 0.229 e. The molecule has 0 bridgehead atoms.